The molecule has 1 nitrogen and oxygen atoms in total. The molecule has 6 unspecified atom stereocenters. The van der Waals surface area contributed by atoms with E-state index in [-0.39, 0.29) is 5.41 Å². The highest BCUT2D eigenvalue weighted by molar-refractivity contribution is 8.03. The molecule has 0 amide bonds. The second-order valence-electron chi connectivity index (χ2n) is 15.5. The number of fused-ring (bicyclic) bond motifs is 1. The highest BCUT2D eigenvalue weighted by atomic mass is 32.2. The first kappa shape index (κ1) is 30.0. The minimum atomic E-state index is 0.208. The summed E-state index contributed by atoms with van der Waals surface area (Å²) in [6, 6.07) is 0. The number of hydrogen-bond donors (Lipinski definition) is 0. The monoisotopic (exact) mass is 514 g/mol. The highest BCUT2D eigenvalue weighted by Gasteiger charge is 2.51. The van der Waals surface area contributed by atoms with Crippen LogP contribution in [0.2, 0.25) is 0 Å². The molecule has 3 saturated carbocycles. The molecule has 2 heteroatoms. The van der Waals surface area contributed by atoms with Crippen LogP contribution in [0.15, 0.2) is 23.1 Å². The Hall–Kier alpha value is -0.500. The van der Waals surface area contributed by atoms with Gasteiger partial charge in [0.2, 0.25) is 0 Å². The fourth-order valence-corrected chi connectivity index (χ4v) is 9.88. The van der Waals surface area contributed by atoms with Crippen LogP contribution in [-0.4, -0.2) is 11.5 Å². The van der Waals surface area contributed by atoms with Gasteiger partial charge in [-0.2, -0.15) is 0 Å². The van der Waals surface area contributed by atoms with Gasteiger partial charge in [0.15, 0.2) is 0 Å². The van der Waals surface area contributed by atoms with E-state index < -0.39 is 0 Å². The van der Waals surface area contributed by atoms with Gasteiger partial charge < -0.3 is 0 Å². The highest BCUT2D eigenvalue weighted by Crippen LogP contribution is 2.61. The molecule has 206 valence electrons. The van der Waals surface area contributed by atoms with Crippen LogP contribution in [0.3, 0.4) is 0 Å². The maximum atomic E-state index is 12.0. The molecule has 0 bridgehead atoms. The van der Waals surface area contributed by atoms with Crippen LogP contribution in [0.1, 0.15) is 127 Å². The summed E-state index contributed by atoms with van der Waals surface area (Å²) < 4.78 is 0. The third-order valence-electron chi connectivity index (χ3n) is 11.7. The Morgan fingerprint density at radius 3 is 2.33 bits per heavy atom. The molecule has 3 aliphatic rings. The smallest absolute Gasteiger partial charge is 0.142 e. The zero-order valence-corrected chi connectivity index (χ0v) is 26.3. The lowest BCUT2D eigenvalue weighted by Gasteiger charge is -2.56. The molecular formula is C34H58OS. The number of allylic oxidation sites excluding steroid dienone is 3. The van der Waals surface area contributed by atoms with Crippen LogP contribution >= 0.6 is 11.8 Å². The summed E-state index contributed by atoms with van der Waals surface area (Å²) in [5, 5.41) is 0.588. The van der Waals surface area contributed by atoms with Gasteiger partial charge in [-0.25, -0.2) is 0 Å². The van der Waals surface area contributed by atoms with Crippen molar-refractivity contribution in [2.45, 2.75) is 132 Å². The fraction of sp³-hybridized carbons (Fsp3) is 0.853. The largest absolute Gasteiger partial charge is 0.299 e. The van der Waals surface area contributed by atoms with E-state index in [1.807, 2.05) is 17.8 Å². The number of carbonyl (C=O) groups is 1. The van der Waals surface area contributed by atoms with E-state index in [0.29, 0.717) is 39.2 Å². The fourth-order valence-electron chi connectivity index (χ4n) is 8.87. The first-order chi connectivity index (χ1) is 16.5. The Labute approximate surface area is 229 Å². The lowest BCUT2D eigenvalue weighted by atomic mass is 9.49. The van der Waals surface area contributed by atoms with Gasteiger partial charge in [0, 0.05) is 5.25 Å². The summed E-state index contributed by atoms with van der Waals surface area (Å²) in [5.74, 6) is 3.15. The van der Waals surface area contributed by atoms with Crippen molar-refractivity contribution in [3.8, 4) is 0 Å². The molecule has 36 heavy (non-hydrogen) atoms. The first-order valence-electron chi connectivity index (χ1n) is 15.1. The maximum absolute atomic E-state index is 12.0. The molecule has 0 aromatic heterocycles. The molecule has 0 aromatic rings. The Balaban J connectivity index is 1.82. The van der Waals surface area contributed by atoms with Crippen molar-refractivity contribution in [2.75, 3.05) is 0 Å². The molecule has 0 radical (unpaired) electrons. The third-order valence-corrected chi connectivity index (χ3v) is 12.8. The summed E-state index contributed by atoms with van der Waals surface area (Å²) >= 11 is 1.96. The Morgan fingerprint density at radius 1 is 1.08 bits per heavy atom. The van der Waals surface area contributed by atoms with Crippen LogP contribution in [0.4, 0.5) is 0 Å². The molecule has 0 saturated heterocycles. The minimum absolute atomic E-state index is 0.208. The zero-order chi connectivity index (χ0) is 27.1. The van der Waals surface area contributed by atoms with Gasteiger partial charge in [-0.15, -0.1) is 11.8 Å². The molecule has 0 aromatic carbocycles. The molecular weight excluding hydrogens is 456 g/mol. The predicted octanol–water partition coefficient (Wildman–Crippen LogP) is 10.5. The topological polar surface area (TPSA) is 17.1 Å². The Kier molecular flexibility index (Phi) is 9.13. The lowest BCUT2D eigenvalue weighted by Crippen LogP contribution is -2.47. The molecule has 0 N–H and O–H groups in total. The standard InChI is InChI=1S/C34H58OS/c1-23(2)36-25(4)26-13-19-34(11)20-14-28(27(16-21-35)29(34)22-26)31(5,6)18-15-30-32(7,8)17-12-24(3)33(30,9)10/h16,21,23-24,26,28-30H,4,12-15,17-20,22H2,1-3,5-11H3/b27-16+. The first-order valence-corrected chi connectivity index (χ1v) is 15.9. The van der Waals surface area contributed by atoms with Crippen molar-refractivity contribution < 1.29 is 4.79 Å². The molecule has 3 rings (SSSR count). The van der Waals surface area contributed by atoms with Crippen molar-refractivity contribution in [1.82, 2.24) is 0 Å². The van der Waals surface area contributed by atoms with Crippen molar-refractivity contribution in [3.05, 3.63) is 23.1 Å². The number of carbonyl (C=O) groups excluding carboxylic acids is 1. The molecule has 0 spiro atoms. The van der Waals surface area contributed by atoms with E-state index in [1.165, 1.54) is 68.3 Å². The number of rotatable bonds is 8. The van der Waals surface area contributed by atoms with E-state index in [2.05, 4.69) is 75.8 Å². The van der Waals surface area contributed by atoms with Gasteiger partial charge >= 0.3 is 0 Å². The molecule has 3 aliphatic carbocycles. The van der Waals surface area contributed by atoms with E-state index in [4.69, 9.17) is 0 Å². The zero-order valence-electron chi connectivity index (χ0n) is 25.5. The average Bonchev–Trinajstić information content (AvgIpc) is 2.75. The summed E-state index contributed by atoms with van der Waals surface area (Å²) in [7, 11) is 0. The van der Waals surface area contributed by atoms with E-state index in [1.54, 1.807) is 0 Å². The second kappa shape index (κ2) is 10.9. The summed E-state index contributed by atoms with van der Waals surface area (Å²) in [6.45, 7) is 29.2. The minimum Gasteiger partial charge on any atom is -0.299 e. The van der Waals surface area contributed by atoms with Crippen LogP contribution in [0.25, 0.3) is 0 Å². The van der Waals surface area contributed by atoms with Crippen LogP contribution in [-0.2, 0) is 4.79 Å². The second-order valence-corrected chi connectivity index (χ2v) is 17.2. The summed E-state index contributed by atoms with van der Waals surface area (Å²) in [4.78, 5) is 13.4. The van der Waals surface area contributed by atoms with E-state index in [0.717, 1.165) is 18.1 Å². The normalized spacial score (nSPS) is 37.5. The van der Waals surface area contributed by atoms with Gasteiger partial charge in [-0.1, -0.05) is 81.4 Å². The van der Waals surface area contributed by atoms with Crippen LogP contribution in [0, 0.1) is 51.2 Å². The molecule has 0 aliphatic heterocycles. The van der Waals surface area contributed by atoms with Gasteiger partial charge in [-0.3, -0.25) is 4.79 Å². The van der Waals surface area contributed by atoms with Crippen molar-refractivity contribution in [2.24, 2.45) is 51.2 Å². The van der Waals surface area contributed by atoms with E-state index >= 15 is 0 Å². The summed E-state index contributed by atoms with van der Waals surface area (Å²) in [5.41, 5.74) is 2.81. The van der Waals surface area contributed by atoms with Crippen LogP contribution in [0.5, 0.6) is 0 Å². The van der Waals surface area contributed by atoms with Crippen molar-refractivity contribution in [1.29, 1.82) is 0 Å². The Morgan fingerprint density at radius 2 is 1.72 bits per heavy atom. The molecule has 0 heterocycles. The lowest BCUT2D eigenvalue weighted by molar-refractivity contribution is -0.104. The number of thioether (sulfide) groups is 1. The quantitative estimate of drug-likeness (QED) is 0.237. The molecule has 6 atom stereocenters. The maximum Gasteiger partial charge on any atom is 0.142 e. The predicted molar refractivity (Wildman–Crippen MR) is 160 cm³/mol. The van der Waals surface area contributed by atoms with Gasteiger partial charge in [0.25, 0.3) is 0 Å². The molecule has 3 fully saturated rings. The summed E-state index contributed by atoms with van der Waals surface area (Å²) in [6.07, 6.45) is 14.6. The van der Waals surface area contributed by atoms with Gasteiger partial charge in [0.1, 0.15) is 6.29 Å². The Bertz CT molecular complexity index is 830. The average molecular weight is 515 g/mol. The SMILES string of the molecule is C=C(SC(C)C)C1CCC2(C)CCC(C(C)(C)CCC3C(C)(C)CCC(C)C3(C)C)/C(=C\C=O)C2C1. The number of aldehydes is 1. The van der Waals surface area contributed by atoms with Gasteiger partial charge in [-0.05, 0) is 120 Å². The number of hydrogen-bond acceptors (Lipinski definition) is 2. The van der Waals surface area contributed by atoms with E-state index in [9.17, 15) is 4.79 Å². The van der Waals surface area contributed by atoms with Crippen LogP contribution < -0.4 is 0 Å². The third kappa shape index (κ3) is 6.05. The van der Waals surface area contributed by atoms with Crippen molar-refractivity contribution in [3.63, 3.8) is 0 Å². The van der Waals surface area contributed by atoms with Crippen molar-refractivity contribution >= 4 is 18.0 Å². The van der Waals surface area contributed by atoms with Gasteiger partial charge in [0.05, 0.1) is 0 Å².